The first-order valence-corrected chi connectivity index (χ1v) is 7.12. The lowest BCUT2D eigenvalue weighted by molar-refractivity contribution is 0.323. The van der Waals surface area contributed by atoms with Gasteiger partial charge in [0.15, 0.2) is 0 Å². The zero-order valence-electron chi connectivity index (χ0n) is 12.1. The summed E-state index contributed by atoms with van der Waals surface area (Å²) in [6.45, 7) is 4.18. The summed E-state index contributed by atoms with van der Waals surface area (Å²) in [6.07, 6.45) is 0. The average molecular weight is 264 g/mol. The third kappa shape index (κ3) is 2.18. The van der Waals surface area contributed by atoms with E-state index in [1.807, 2.05) is 0 Å². The molecule has 0 N–H and O–H groups in total. The van der Waals surface area contributed by atoms with Gasteiger partial charge in [-0.3, -0.25) is 0 Å². The van der Waals surface area contributed by atoms with Crippen molar-refractivity contribution in [2.75, 3.05) is 20.3 Å². The van der Waals surface area contributed by atoms with Gasteiger partial charge in [0.1, 0.15) is 0 Å². The van der Waals surface area contributed by atoms with Gasteiger partial charge >= 0.3 is 0 Å². The minimum absolute atomic E-state index is 0.949. The normalized spacial score (nSPS) is 15.1. The molecule has 0 fully saturated rings. The molecule has 0 radical (unpaired) electrons. The third-order valence-corrected chi connectivity index (χ3v) is 3.78. The first kappa shape index (κ1) is 12.8. The van der Waals surface area contributed by atoms with Crippen molar-refractivity contribution in [1.29, 1.82) is 0 Å². The Morgan fingerprint density at radius 3 is 1.80 bits per heavy atom. The first-order valence-electron chi connectivity index (χ1n) is 7.12. The molecule has 2 aromatic carbocycles. The summed E-state index contributed by atoms with van der Waals surface area (Å²) in [5.41, 5.74) is 5.22. The Hall–Kier alpha value is -2.22. The third-order valence-electron chi connectivity index (χ3n) is 3.78. The molecular weight excluding hydrogens is 244 g/mol. The molecule has 2 aromatic rings. The number of nitrogens with zero attached hydrogens (tertiary/aromatic N) is 2. The Labute approximate surface area is 121 Å². The molecule has 3 rings (SSSR count). The first-order chi connectivity index (χ1) is 9.81. The molecule has 102 valence electrons. The molecule has 0 atom stereocenters. The van der Waals surface area contributed by atoms with Gasteiger partial charge < -0.3 is 9.80 Å². The fourth-order valence-electron chi connectivity index (χ4n) is 2.85. The van der Waals surface area contributed by atoms with Gasteiger partial charge in [-0.25, -0.2) is 0 Å². The molecule has 2 heteroatoms. The van der Waals surface area contributed by atoms with E-state index < -0.39 is 0 Å². The van der Waals surface area contributed by atoms with E-state index in [4.69, 9.17) is 0 Å². The lowest BCUT2D eigenvalue weighted by Gasteiger charge is -2.20. The van der Waals surface area contributed by atoms with Gasteiger partial charge in [0, 0.05) is 13.6 Å². The van der Waals surface area contributed by atoms with Crippen molar-refractivity contribution in [3.05, 3.63) is 71.8 Å². The highest BCUT2D eigenvalue weighted by Gasteiger charge is 2.27. The Bertz CT molecular complexity index is 602. The fourth-order valence-corrected chi connectivity index (χ4v) is 2.85. The Morgan fingerprint density at radius 1 is 0.800 bits per heavy atom. The summed E-state index contributed by atoms with van der Waals surface area (Å²) < 4.78 is 0. The Kier molecular flexibility index (Phi) is 3.46. The van der Waals surface area contributed by atoms with Crippen LogP contribution in [0.2, 0.25) is 0 Å². The molecule has 0 saturated heterocycles. The van der Waals surface area contributed by atoms with E-state index in [2.05, 4.69) is 84.4 Å². The van der Waals surface area contributed by atoms with Crippen LogP contribution in [0.15, 0.2) is 60.7 Å². The topological polar surface area (TPSA) is 6.48 Å². The predicted octanol–water partition coefficient (Wildman–Crippen LogP) is 3.74. The summed E-state index contributed by atoms with van der Waals surface area (Å²) in [5, 5.41) is 0. The lowest BCUT2D eigenvalue weighted by atomic mass is 10.0. The van der Waals surface area contributed by atoms with Crippen molar-refractivity contribution >= 4 is 11.4 Å². The largest absolute Gasteiger partial charge is 0.355 e. The Morgan fingerprint density at radius 2 is 1.30 bits per heavy atom. The summed E-state index contributed by atoms with van der Waals surface area (Å²) >= 11 is 0. The van der Waals surface area contributed by atoms with E-state index in [1.165, 1.54) is 22.5 Å². The van der Waals surface area contributed by atoms with Gasteiger partial charge in [0.25, 0.3) is 0 Å². The highest BCUT2D eigenvalue weighted by Crippen LogP contribution is 2.36. The van der Waals surface area contributed by atoms with Gasteiger partial charge in [-0.05, 0) is 18.1 Å². The van der Waals surface area contributed by atoms with Crippen molar-refractivity contribution in [3.8, 4) is 0 Å². The lowest BCUT2D eigenvalue weighted by Crippen LogP contribution is -2.24. The second-order valence-electron chi connectivity index (χ2n) is 5.12. The number of hydrogen-bond donors (Lipinski definition) is 0. The van der Waals surface area contributed by atoms with E-state index in [9.17, 15) is 0 Å². The Balaban J connectivity index is 2.18. The minimum Gasteiger partial charge on any atom is -0.355 e. The highest BCUT2D eigenvalue weighted by molar-refractivity contribution is 5.90. The molecule has 1 aliphatic heterocycles. The molecule has 0 saturated carbocycles. The standard InChI is InChI=1S/C18H20N2/c1-3-20-14-19(2)17(15-10-6-4-7-11-15)18(20)16-12-8-5-9-13-16/h4-13H,3,14H2,1-2H3. The van der Waals surface area contributed by atoms with Crippen molar-refractivity contribution in [2.45, 2.75) is 6.92 Å². The van der Waals surface area contributed by atoms with E-state index in [0.29, 0.717) is 0 Å². The molecule has 2 nitrogen and oxygen atoms in total. The minimum atomic E-state index is 0.949. The molecule has 0 spiro atoms. The smallest absolute Gasteiger partial charge is 0.0901 e. The van der Waals surface area contributed by atoms with Crippen LogP contribution in [0.1, 0.15) is 18.1 Å². The van der Waals surface area contributed by atoms with Crippen molar-refractivity contribution in [2.24, 2.45) is 0 Å². The van der Waals surface area contributed by atoms with Gasteiger partial charge in [-0.15, -0.1) is 0 Å². The van der Waals surface area contributed by atoms with E-state index in [-0.39, 0.29) is 0 Å². The van der Waals surface area contributed by atoms with Crippen LogP contribution in [-0.2, 0) is 0 Å². The highest BCUT2D eigenvalue weighted by atomic mass is 15.4. The van der Waals surface area contributed by atoms with Crippen molar-refractivity contribution in [1.82, 2.24) is 9.80 Å². The summed E-state index contributed by atoms with van der Waals surface area (Å²) in [7, 11) is 2.17. The molecular formula is C18H20N2. The van der Waals surface area contributed by atoms with Crippen molar-refractivity contribution in [3.63, 3.8) is 0 Å². The van der Waals surface area contributed by atoms with Crippen LogP contribution >= 0.6 is 0 Å². The maximum absolute atomic E-state index is 2.43. The number of rotatable bonds is 3. The molecule has 0 unspecified atom stereocenters. The van der Waals surface area contributed by atoms with Crippen LogP contribution in [-0.4, -0.2) is 30.1 Å². The zero-order valence-corrected chi connectivity index (χ0v) is 12.1. The summed E-state index contributed by atoms with van der Waals surface area (Å²) in [5.74, 6) is 0. The quantitative estimate of drug-likeness (QED) is 0.833. The maximum atomic E-state index is 2.43. The zero-order chi connectivity index (χ0) is 13.9. The number of benzene rings is 2. The van der Waals surface area contributed by atoms with Crippen LogP contribution in [0.25, 0.3) is 11.4 Å². The number of hydrogen-bond acceptors (Lipinski definition) is 2. The van der Waals surface area contributed by atoms with Crippen LogP contribution in [0.5, 0.6) is 0 Å². The maximum Gasteiger partial charge on any atom is 0.0901 e. The van der Waals surface area contributed by atoms with Crippen molar-refractivity contribution < 1.29 is 0 Å². The second-order valence-corrected chi connectivity index (χ2v) is 5.12. The van der Waals surface area contributed by atoms with Crippen LogP contribution < -0.4 is 0 Å². The molecule has 1 heterocycles. The summed E-state index contributed by atoms with van der Waals surface area (Å²) in [4.78, 5) is 4.76. The molecule has 0 aromatic heterocycles. The van der Waals surface area contributed by atoms with E-state index in [0.717, 1.165) is 13.2 Å². The monoisotopic (exact) mass is 264 g/mol. The van der Waals surface area contributed by atoms with Crippen LogP contribution in [0, 0.1) is 0 Å². The SMILES string of the molecule is CCN1CN(C)C(c2ccccc2)=C1c1ccccc1. The van der Waals surface area contributed by atoms with E-state index >= 15 is 0 Å². The van der Waals surface area contributed by atoms with Gasteiger partial charge in [-0.2, -0.15) is 0 Å². The van der Waals surface area contributed by atoms with E-state index in [1.54, 1.807) is 0 Å². The predicted molar refractivity (Wildman–Crippen MR) is 84.7 cm³/mol. The summed E-state index contributed by atoms with van der Waals surface area (Å²) in [6, 6.07) is 21.3. The van der Waals surface area contributed by atoms with Crippen LogP contribution in [0.4, 0.5) is 0 Å². The van der Waals surface area contributed by atoms with Gasteiger partial charge in [0.05, 0.1) is 18.1 Å². The molecule has 0 aliphatic carbocycles. The molecule has 20 heavy (non-hydrogen) atoms. The molecule has 0 amide bonds. The van der Waals surface area contributed by atoms with Gasteiger partial charge in [-0.1, -0.05) is 60.7 Å². The second kappa shape index (κ2) is 5.41. The van der Waals surface area contributed by atoms with Gasteiger partial charge in [0.2, 0.25) is 0 Å². The fraction of sp³-hybridized carbons (Fsp3) is 0.222. The molecule has 0 bridgehead atoms. The molecule has 1 aliphatic rings. The average Bonchev–Trinajstić information content (AvgIpc) is 2.85. The van der Waals surface area contributed by atoms with Crippen LogP contribution in [0.3, 0.4) is 0 Å².